The Morgan fingerprint density at radius 3 is 2.73 bits per heavy atom. The molecule has 0 saturated heterocycles. The maximum atomic E-state index is 12.3. The molecule has 1 amide bonds. The van der Waals surface area contributed by atoms with Crippen LogP contribution in [0.1, 0.15) is 22.7 Å². The Bertz CT molecular complexity index is 1110. The third-order valence-corrected chi connectivity index (χ3v) is 5.67. The van der Waals surface area contributed by atoms with Crippen LogP contribution in [0.25, 0.3) is 11.5 Å². The first kappa shape index (κ1) is 22.6. The van der Waals surface area contributed by atoms with Gasteiger partial charge in [0.15, 0.2) is 0 Å². The molecule has 8 nitrogen and oxygen atoms in total. The van der Waals surface area contributed by atoms with E-state index in [2.05, 4.69) is 20.5 Å². The number of amides is 1. The first-order chi connectivity index (χ1) is 16.3. The second-order valence-electron chi connectivity index (χ2n) is 7.20. The van der Waals surface area contributed by atoms with Gasteiger partial charge >= 0.3 is 0 Å². The van der Waals surface area contributed by atoms with Crippen LogP contribution in [0.4, 0.5) is 0 Å². The van der Waals surface area contributed by atoms with Crippen molar-refractivity contribution in [2.24, 2.45) is 0 Å². The molecule has 9 heteroatoms. The number of hydrogen-bond acceptors (Lipinski definition) is 7. The van der Waals surface area contributed by atoms with Crippen molar-refractivity contribution in [1.82, 2.24) is 25.1 Å². The number of nitrogens with zero attached hydrogens (tertiary/aromatic N) is 4. The number of para-hydroxylation sites is 1. The van der Waals surface area contributed by atoms with Gasteiger partial charge in [0.05, 0.1) is 18.7 Å². The van der Waals surface area contributed by atoms with Gasteiger partial charge in [-0.15, -0.1) is 22.0 Å². The zero-order chi connectivity index (χ0) is 22.7. The molecule has 2 aromatic heterocycles. The lowest BCUT2D eigenvalue weighted by Crippen LogP contribution is -2.25. The number of aryl methyl sites for hydroxylation is 1. The Kier molecular flexibility index (Phi) is 8.13. The van der Waals surface area contributed by atoms with Gasteiger partial charge in [0.1, 0.15) is 5.75 Å². The summed E-state index contributed by atoms with van der Waals surface area (Å²) in [5, 5.41) is 11.2. The number of thioether (sulfide) groups is 1. The highest BCUT2D eigenvalue weighted by Gasteiger charge is 2.11. The van der Waals surface area contributed by atoms with E-state index in [9.17, 15) is 4.79 Å². The van der Waals surface area contributed by atoms with Crippen molar-refractivity contribution in [1.29, 1.82) is 0 Å². The molecule has 0 fully saturated rings. The van der Waals surface area contributed by atoms with Crippen LogP contribution in [0.15, 0.2) is 77.7 Å². The summed E-state index contributed by atoms with van der Waals surface area (Å²) >= 11 is 1.67. The van der Waals surface area contributed by atoms with Crippen LogP contribution < -0.4 is 10.1 Å². The topological polar surface area (TPSA) is 95.1 Å². The van der Waals surface area contributed by atoms with E-state index in [0.29, 0.717) is 36.2 Å². The minimum Gasteiger partial charge on any atom is -0.493 e. The van der Waals surface area contributed by atoms with E-state index >= 15 is 0 Å². The van der Waals surface area contributed by atoms with E-state index < -0.39 is 0 Å². The highest BCUT2D eigenvalue weighted by Crippen LogP contribution is 2.20. The molecule has 33 heavy (non-hydrogen) atoms. The predicted molar refractivity (Wildman–Crippen MR) is 127 cm³/mol. The summed E-state index contributed by atoms with van der Waals surface area (Å²) in [5.74, 6) is 3.20. The maximum absolute atomic E-state index is 12.3. The standard InChI is InChI=1S/C24H25N5O3S/c30-23(26-11-4-13-29-14-12-25-18-29)19-7-9-20(10-8-19)24-28-27-22(32-24)17-33-16-15-31-21-5-2-1-3-6-21/h1-3,5-10,12,14,18H,4,11,13,15-17H2,(H,26,30). The second-order valence-corrected chi connectivity index (χ2v) is 8.31. The van der Waals surface area contributed by atoms with Gasteiger partial charge in [0, 0.05) is 42.4 Å². The highest BCUT2D eigenvalue weighted by atomic mass is 32.2. The number of hydrogen-bond donors (Lipinski definition) is 1. The van der Waals surface area contributed by atoms with Gasteiger partial charge in [-0.25, -0.2) is 4.98 Å². The number of carbonyl (C=O) groups excluding carboxylic acids is 1. The normalized spacial score (nSPS) is 10.8. The first-order valence-electron chi connectivity index (χ1n) is 10.7. The minimum absolute atomic E-state index is 0.104. The molecule has 170 valence electrons. The predicted octanol–water partition coefficient (Wildman–Crippen LogP) is 4.07. The fraction of sp³-hybridized carbons (Fsp3) is 0.250. The fourth-order valence-electron chi connectivity index (χ4n) is 3.07. The maximum Gasteiger partial charge on any atom is 0.251 e. The third kappa shape index (κ3) is 6.95. The molecule has 4 aromatic rings. The summed E-state index contributed by atoms with van der Waals surface area (Å²) in [6.45, 7) is 2.03. The lowest BCUT2D eigenvalue weighted by molar-refractivity contribution is 0.0952. The fourth-order valence-corrected chi connectivity index (χ4v) is 3.71. The Morgan fingerprint density at radius 1 is 1.09 bits per heavy atom. The zero-order valence-corrected chi connectivity index (χ0v) is 18.9. The Morgan fingerprint density at radius 2 is 1.94 bits per heavy atom. The van der Waals surface area contributed by atoms with Crippen molar-refractivity contribution >= 4 is 17.7 Å². The number of carbonyl (C=O) groups is 1. The van der Waals surface area contributed by atoms with E-state index in [-0.39, 0.29) is 5.91 Å². The van der Waals surface area contributed by atoms with Gasteiger partial charge in [-0.1, -0.05) is 18.2 Å². The molecular weight excluding hydrogens is 438 g/mol. The van der Waals surface area contributed by atoms with Crippen LogP contribution in [-0.2, 0) is 12.3 Å². The number of ether oxygens (including phenoxy) is 1. The number of benzene rings is 2. The van der Waals surface area contributed by atoms with Gasteiger partial charge < -0.3 is 19.0 Å². The molecule has 0 radical (unpaired) electrons. The molecule has 0 aliphatic carbocycles. The molecule has 0 saturated carbocycles. The van der Waals surface area contributed by atoms with Gasteiger partial charge in [-0.3, -0.25) is 4.79 Å². The smallest absolute Gasteiger partial charge is 0.251 e. The molecule has 1 N–H and O–H groups in total. The first-order valence-corrected chi connectivity index (χ1v) is 11.9. The van der Waals surface area contributed by atoms with Crippen LogP contribution in [0.2, 0.25) is 0 Å². The van der Waals surface area contributed by atoms with Crippen molar-refractivity contribution in [3.05, 3.63) is 84.8 Å². The van der Waals surface area contributed by atoms with Crippen molar-refractivity contribution in [2.75, 3.05) is 18.9 Å². The Balaban J connectivity index is 1.18. The van der Waals surface area contributed by atoms with Gasteiger partial charge in [-0.2, -0.15) is 0 Å². The highest BCUT2D eigenvalue weighted by molar-refractivity contribution is 7.98. The molecule has 0 spiro atoms. The lowest BCUT2D eigenvalue weighted by Gasteiger charge is -2.06. The number of rotatable bonds is 12. The van der Waals surface area contributed by atoms with E-state index in [1.54, 1.807) is 36.4 Å². The van der Waals surface area contributed by atoms with Crippen LogP contribution in [0, 0.1) is 0 Å². The third-order valence-electron chi connectivity index (χ3n) is 4.76. The molecule has 2 heterocycles. The molecule has 0 aliphatic heterocycles. The molecule has 0 unspecified atom stereocenters. The van der Waals surface area contributed by atoms with Crippen molar-refractivity contribution in [3.63, 3.8) is 0 Å². The monoisotopic (exact) mass is 463 g/mol. The number of aromatic nitrogens is 4. The van der Waals surface area contributed by atoms with Gasteiger partial charge in [0.2, 0.25) is 11.8 Å². The van der Waals surface area contributed by atoms with E-state index in [4.69, 9.17) is 9.15 Å². The summed E-state index contributed by atoms with van der Waals surface area (Å²) in [6.07, 6.45) is 6.25. The zero-order valence-electron chi connectivity index (χ0n) is 18.1. The van der Waals surface area contributed by atoms with Gasteiger partial charge in [-0.05, 0) is 42.8 Å². The quantitative estimate of drug-likeness (QED) is 0.317. The van der Waals surface area contributed by atoms with Crippen LogP contribution in [-0.4, -0.2) is 44.6 Å². The summed E-state index contributed by atoms with van der Waals surface area (Å²) < 4.78 is 13.4. The SMILES string of the molecule is O=C(NCCCn1ccnc1)c1ccc(-c2nnc(CSCCOc3ccccc3)o2)cc1. The van der Waals surface area contributed by atoms with Crippen LogP contribution in [0.5, 0.6) is 5.75 Å². The Hall–Kier alpha value is -3.59. The second kappa shape index (κ2) is 11.9. The van der Waals surface area contributed by atoms with Crippen LogP contribution in [0.3, 0.4) is 0 Å². The molecule has 4 rings (SSSR count). The van der Waals surface area contributed by atoms with Crippen molar-refractivity contribution in [3.8, 4) is 17.2 Å². The van der Waals surface area contributed by atoms with E-state index in [1.807, 2.05) is 53.2 Å². The number of nitrogens with one attached hydrogen (secondary N) is 1. The lowest BCUT2D eigenvalue weighted by atomic mass is 10.1. The van der Waals surface area contributed by atoms with E-state index in [1.165, 1.54) is 0 Å². The molecular formula is C24H25N5O3S. The summed E-state index contributed by atoms with van der Waals surface area (Å²) in [4.78, 5) is 16.3. The molecule has 0 aliphatic rings. The molecule has 2 aromatic carbocycles. The van der Waals surface area contributed by atoms with Crippen molar-refractivity contribution < 1.29 is 13.9 Å². The molecule has 0 atom stereocenters. The summed E-state index contributed by atoms with van der Waals surface area (Å²) in [7, 11) is 0. The van der Waals surface area contributed by atoms with Gasteiger partial charge in [0.25, 0.3) is 5.91 Å². The Labute approximate surface area is 196 Å². The van der Waals surface area contributed by atoms with Crippen molar-refractivity contribution in [2.45, 2.75) is 18.7 Å². The minimum atomic E-state index is -0.104. The number of imidazole rings is 1. The largest absolute Gasteiger partial charge is 0.493 e. The molecule has 0 bridgehead atoms. The summed E-state index contributed by atoms with van der Waals surface area (Å²) in [6, 6.07) is 16.9. The van der Waals surface area contributed by atoms with E-state index in [0.717, 1.165) is 30.0 Å². The van der Waals surface area contributed by atoms with Crippen LogP contribution >= 0.6 is 11.8 Å². The summed E-state index contributed by atoms with van der Waals surface area (Å²) in [5.41, 5.74) is 1.37. The average molecular weight is 464 g/mol. The average Bonchev–Trinajstić information content (AvgIpc) is 3.55.